The average molecular weight is 417 g/mol. The maximum absolute atomic E-state index is 5.90. The van der Waals surface area contributed by atoms with Crippen LogP contribution in [0.4, 0.5) is 0 Å². The smallest absolute Gasteiger partial charge is 0.205 e. The monoisotopic (exact) mass is 416 g/mol. The number of aromatic amines is 1. The van der Waals surface area contributed by atoms with E-state index in [0.29, 0.717) is 12.4 Å². The molecule has 2 aromatic carbocycles. The fourth-order valence-electron chi connectivity index (χ4n) is 3.59. The van der Waals surface area contributed by atoms with Gasteiger partial charge in [-0.3, -0.25) is 0 Å². The third kappa shape index (κ3) is 5.03. The van der Waals surface area contributed by atoms with E-state index in [-0.39, 0.29) is 6.04 Å². The van der Waals surface area contributed by atoms with Gasteiger partial charge in [-0.25, -0.2) is 9.67 Å². The van der Waals surface area contributed by atoms with Gasteiger partial charge in [-0.1, -0.05) is 55.5 Å². The van der Waals surface area contributed by atoms with Gasteiger partial charge in [0.25, 0.3) is 0 Å². The molecule has 31 heavy (non-hydrogen) atoms. The molecule has 0 amide bonds. The number of tetrazole rings is 1. The van der Waals surface area contributed by atoms with Crippen molar-refractivity contribution in [3.8, 4) is 22.5 Å². The predicted molar refractivity (Wildman–Crippen MR) is 120 cm³/mol. The summed E-state index contributed by atoms with van der Waals surface area (Å²) in [4.78, 5) is 4.75. The van der Waals surface area contributed by atoms with Crippen molar-refractivity contribution in [1.82, 2.24) is 35.4 Å². The summed E-state index contributed by atoms with van der Waals surface area (Å²) in [6.45, 7) is 4.88. The Labute approximate surface area is 181 Å². The Morgan fingerprint density at radius 3 is 2.48 bits per heavy atom. The molecule has 8 heteroatoms. The molecule has 0 aliphatic carbocycles. The number of aryl methyl sites for hydroxylation is 2. The van der Waals surface area contributed by atoms with E-state index in [1.165, 1.54) is 5.56 Å². The molecule has 0 saturated carbocycles. The number of aromatic nitrogens is 7. The number of nitrogens with zero attached hydrogens (tertiary/aromatic N) is 6. The van der Waals surface area contributed by atoms with E-state index in [1.54, 1.807) is 0 Å². The molecule has 0 saturated heterocycles. The molecular formula is C23H28N8. The number of H-pyrrole nitrogens is 1. The second-order valence-corrected chi connectivity index (χ2v) is 7.85. The number of nitrogens with two attached hydrogens (primary N) is 1. The summed E-state index contributed by atoms with van der Waals surface area (Å²) in [5.41, 5.74) is 10.2. The molecule has 1 unspecified atom stereocenters. The lowest BCUT2D eigenvalue weighted by Crippen LogP contribution is -2.15. The second-order valence-electron chi connectivity index (χ2n) is 7.85. The van der Waals surface area contributed by atoms with Crippen molar-refractivity contribution in [3.63, 3.8) is 0 Å². The molecule has 0 bridgehead atoms. The van der Waals surface area contributed by atoms with Crippen LogP contribution in [-0.4, -0.2) is 41.4 Å². The minimum absolute atomic E-state index is 0.157. The van der Waals surface area contributed by atoms with Gasteiger partial charge in [-0.2, -0.15) is 10.3 Å². The summed E-state index contributed by atoms with van der Waals surface area (Å²) in [5.74, 6) is 2.51. The Morgan fingerprint density at radius 1 is 1.03 bits per heavy atom. The molecule has 4 aromatic rings. The zero-order chi connectivity index (χ0) is 21.6. The SMILES string of the molecule is CCCc1nc(CCC(C)N)nn1Cc1ccc(-c2ccccc2-c2nn[nH]n2)cc1. The quantitative estimate of drug-likeness (QED) is 0.432. The first-order valence-corrected chi connectivity index (χ1v) is 10.7. The van der Waals surface area contributed by atoms with E-state index in [4.69, 9.17) is 15.8 Å². The van der Waals surface area contributed by atoms with Crippen molar-refractivity contribution >= 4 is 0 Å². The van der Waals surface area contributed by atoms with Crippen LogP contribution >= 0.6 is 0 Å². The molecule has 2 heterocycles. The van der Waals surface area contributed by atoms with E-state index in [0.717, 1.165) is 54.0 Å². The molecule has 0 spiro atoms. The highest BCUT2D eigenvalue weighted by Crippen LogP contribution is 2.29. The minimum atomic E-state index is 0.157. The minimum Gasteiger partial charge on any atom is -0.328 e. The highest BCUT2D eigenvalue weighted by molar-refractivity contribution is 5.80. The van der Waals surface area contributed by atoms with Gasteiger partial charge in [-0.05, 0) is 41.7 Å². The predicted octanol–water partition coefficient (Wildman–Crippen LogP) is 3.41. The fraction of sp³-hybridized carbons (Fsp3) is 0.348. The normalized spacial score (nSPS) is 12.2. The van der Waals surface area contributed by atoms with Crippen LogP contribution in [0.25, 0.3) is 22.5 Å². The van der Waals surface area contributed by atoms with Gasteiger partial charge in [0.05, 0.1) is 6.54 Å². The van der Waals surface area contributed by atoms with Crippen molar-refractivity contribution in [2.24, 2.45) is 5.73 Å². The van der Waals surface area contributed by atoms with Crippen molar-refractivity contribution in [3.05, 3.63) is 65.7 Å². The van der Waals surface area contributed by atoms with E-state index < -0.39 is 0 Å². The van der Waals surface area contributed by atoms with E-state index in [9.17, 15) is 0 Å². The van der Waals surface area contributed by atoms with Gasteiger partial charge in [0, 0.05) is 24.4 Å². The number of hydrogen-bond donors (Lipinski definition) is 2. The largest absolute Gasteiger partial charge is 0.328 e. The molecule has 2 aromatic heterocycles. The van der Waals surface area contributed by atoms with Crippen LogP contribution in [0.1, 0.15) is 43.9 Å². The zero-order valence-corrected chi connectivity index (χ0v) is 18.0. The van der Waals surface area contributed by atoms with Crippen LogP contribution in [-0.2, 0) is 19.4 Å². The van der Waals surface area contributed by atoms with Crippen molar-refractivity contribution in [1.29, 1.82) is 0 Å². The first-order valence-electron chi connectivity index (χ1n) is 10.7. The Kier molecular flexibility index (Phi) is 6.47. The number of hydrogen-bond acceptors (Lipinski definition) is 6. The summed E-state index contributed by atoms with van der Waals surface area (Å²) < 4.78 is 2.03. The summed E-state index contributed by atoms with van der Waals surface area (Å²) in [5, 5.41) is 19.2. The van der Waals surface area contributed by atoms with E-state index >= 15 is 0 Å². The van der Waals surface area contributed by atoms with Crippen LogP contribution < -0.4 is 5.73 Å². The van der Waals surface area contributed by atoms with Gasteiger partial charge in [0.15, 0.2) is 5.82 Å². The topological polar surface area (TPSA) is 111 Å². The molecule has 0 fully saturated rings. The standard InChI is InChI=1S/C23H28N8/c1-3-6-22-25-21(14-9-16(2)24)28-31(22)15-17-10-12-18(13-11-17)19-7-4-5-8-20(19)23-26-29-30-27-23/h4-5,7-8,10-13,16H,3,6,9,14-15,24H2,1-2H3,(H,26,27,29,30). The van der Waals surface area contributed by atoms with E-state index in [1.807, 2.05) is 29.8 Å². The number of rotatable bonds is 9. The second kappa shape index (κ2) is 9.61. The summed E-state index contributed by atoms with van der Waals surface area (Å²) in [6, 6.07) is 16.8. The first-order chi connectivity index (χ1) is 15.1. The third-order valence-electron chi connectivity index (χ3n) is 5.20. The summed E-state index contributed by atoms with van der Waals surface area (Å²) in [6.07, 6.45) is 3.66. The van der Waals surface area contributed by atoms with Gasteiger partial charge < -0.3 is 5.73 Å². The number of benzene rings is 2. The zero-order valence-electron chi connectivity index (χ0n) is 18.0. The number of nitrogens with one attached hydrogen (secondary N) is 1. The highest BCUT2D eigenvalue weighted by Gasteiger charge is 2.13. The lowest BCUT2D eigenvalue weighted by molar-refractivity contribution is 0.611. The van der Waals surface area contributed by atoms with Gasteiger partial charge in [0.1, 0.15) is 5.82 Å². The maximum atomic E-state index is 5.90. The molecule has 8 nitrogen and oxygen atoms in total. The highest BCUT2D eigenvalue weighted by atomic mass is 15.5. The van der Waals surface area contributed by atoms with Crippen molar-refractivity contribution in [2.45, 2.75) is 52.1 Å². The van der Waals surface area contributed by atoms with Crippen LogP contribution in [0.2, 0.25) is 0 Å². The Morgan fingerprint density at radius 2 is 1.81 bits per heavy atom. The molecule has 1 atom stereocenters. The van der Waals surface area contributed by atoms with Crippen LogP contribution in [0.3, 0.4) is 0 Å². The molecule has 0 aliphatic rings. The average Bonchev–Trinajstić information content (AvgIpc) is 3.44. The van der Waals surface area contributed by atoms with Gasteiger partial charge in [-0.15, -0.1) is 10.2 Å². The fourth-order valence-corrected chi connectivity index (χ4v) is 3.59. The third-order valence-corrected chi connectivity index (χ3v) is 5.20. The molecule has 4 rings (SSSR count). The lowest BCUT2D eigenvalue weighted by atomic mass is 9.98. The first kappa shape index (κ1) is 20.9. The summed E-state index contributed by atoms with van der Waals surface area (Å²) >= 11 is 0. The van der Waals surface area contributed by atoms with Crippen molar-refractivity contribution < 1.29 is 0 Å². The van der Waals surface area contributed by atoms with E-state index in [2.05, 4.69) is 57.9 Å². The van der Waals surface area contributed by atoms with Crippen LogP contribution in [0.15, 0.2) is 48.5 Å². The van der Waals surface area contributed by atoms with Crippen molar-refractivity contribution in [2.75, 3.05) is 0 Å². The van der Waals surface area contributed by atoms with Gasteiger partial charge >= 0.3 is 0 Å². The van der Waals surface area contributed by atoms with Crippen LogP contribution in [0.5, 0.6) is 0 Å². The maximum Gasteiger partial charge on any atom is 0.205 e. The Hall–Kier alpha value is -3.39. The molecular weight excluding hydrogens is 388 g/mol. The van der Waals surface area contributed by atoms with Crippen LogP contribution in [0, 0.1) is 0 Å². The molecule has 160 valence electrons. The Balaban J connectivity index is 1.55. The lowest BCUT2D eigenvalue weighted by Gasteiger charge is -2.09. The Bertz CT molecular complexity index is 1100. The molecule has 3 N–H and O–H groups in total. The summed E-state index contributed by atoms with van der Waals surface area (Å²) in [7, 11) is 0. The molecule has 0 aliphatic heterocycles. The molecule has 0 radical (unpaired) electrons. The van der Waals surface area contributed by atoms with Gasteiger partial charge in [0.2, 0.25) is 5.82 Å².